The van der Waals surface area contributed by atoms with Gasteiger partial charge in [-0.15, -0.1) is 11.3 Å². The topological polar surface area (TPSA) is 67.5 Å². The Labute approximate surface area is 192 Å². The first kappa shape index (κ1) is 21.3. The maximum Gasteiger partial charge on any atom is 0.271 e. The molecule has 0 radical (unpaired) electrons. The quantitative estimate of drug-likeness (QED) is 0.546. The zero-order chi connectivity index (χ0) is 22.3. The molecule has 170 valence electrons. The Hall–Kier alpha value is -2.54. The van der Waals surface area contributed by atoms with E-state index in [0.29, 0.717) is 18.0 Å². The van der Waals surface area contributed by atoms with Gasteiger partial charge in [0.05, 0.1) is 29.6 Å². The second kappa shape index (κ2) is 8.43. The van der Waals surface area contributed by atoms with Gasteiger partial charge in [-0.25, -0.2) is 0 Å². The lowest BCUT2D eigenvalue weighted by Crippen LogP contribution is -2.64. The van der Waals surface area contributed by atoms with Crippen molar-refractivity contribution in [2.45, 2.75) is 83.5 Å². The Bertz CT molecular complexity index is 1120. The first-order chi connectivity index (χ1) is 15.5. The molecule has 6 nitrogen and oxygen atoms in total. The van der Waals surface area contributed by atoms with Crippen LogP contribution in [0.25, 0.3) is 10.2 Å². The lowest BCUT2D eigenvalue weighted by Gasteiger charge is -2.44. The molecule has 1 fully saturated rings. The number of furan rings is 1. The molecule has 1 saturated carbocycles. The molecule has 32 heavy (non-hydrogen) atoms. The number of hydrogen-bond acceptors (Lipinski definition) is 4. The van der Waals surface area contributed by atoms with E-state index in [1.54, 1.807) is 22.5 Å². The van der Waals surface area contributed by atoms with Gasteiger partial charge >= 0.3 is 0 Å². The molecule has 3 aromatic rings. The van der Waals surface area contributed by atoms with Gasteiger partial charge in [0.15, 0.2) is 0 Å². The minimum Gasteiger partial charge on any atom is -0.467 e. The van der Waals surface area contributed by atoms with Crippen LogP contribution in [-0.2, 0) is 24.3 Å². The molecule has 0 bridgehead atoms. The molecule has 0 aromatic carbocycles. The first-order valence-corrected chi connectivity index (χ1v) is 12.6. The maximum absolute atomic E-state index is 13.8. The summed E-state index contributed by atoms with van der Waals surface area (Å²) in [6, 6.07) is 8.01. The number of amides is 2. The number of carbonyl (C=O) groups is 2. The first-order valence-electron chi connectivity index (χ1n) is 11.8. The molecule has 0 unspecified atom stereocenters. The highest BCUT2D eigenvalue weighted by molar-refractivity contribution is 7.19. The fraction of sp³-hybridized carbons (Fsp3) is 0.520. The smallest absolute Gasteiger partial charge is 0.271 e. The van der Waals surface area contributed by atoms with Gasteiger partial charge < -0.3 is 19.2 Å². The van der Waals surface area contributed by atoms with E-state index in [9.17, 15) is 9.59 Å². The number of thiophene rings is 1. The summed E-state index contributed by atoms with van der Waals surface area (Å²) in [6.07, 6.45) is 9.35. The van der Waals surface area contributed by atoms with Crippen molar-refractivity contribution >= 4 is 33.4 Å². The van der Waals surface area contributed by atoms with Crippen LogP contribution in [0.2, 0.25) is 0 Å². The van der Waals surface area contributed by atoms with Crippen molar-refractivity contribution in [2.75, 3.05) is 0 Å². The van der Waals surface area contributed by atoms with Crippen LogP contribution in [0, 0.1) is 0 Å². The predicted octanol–water partition coefficient (Wildman–Crippen LogP) is 5.11. The highest BCUT2D eigenvalue weighted by atomic mass is 32.1. The fourth-order valence-corrected chi connectivity index (χ4v) is 6.18. The van der Waals surface area contributed by atoms with Gasteiger partial charge in [-0.05, 0) is 50.5 Å². The van der Waals surface area contributed by atoms with E-state index >= 15 is 0 Å². The van der Waals surface area contributed by atoms with E-state index < -0.39 is 5.54 Å². The highest BCUT2D eigenvalue weighted by Gasteiger charge is 2.48. The molecular weight excluding hydrogens is 422 g/mol. The number of carbonyl (C=O) groups excluding carboxylic acids is 2. The Morgan fingerprint density at radius 2 is 2.03 bits per heavy atom. The monoisotopic (exact) mass is 453 g/mol. The van der Waals surface area contributed by atoms with Crippen LogP contribution in [0.5, 0.6) is 0 Å². The summed E-state index contributed by atoms with van der Waals surface area (Å²) < 4.78 is 8.72. The second-order valence-electron chi connectivity index (χ2n) is 9.34. The molecule has 4 heterocycles. The zero-order valence-electron chi connectivity index (χ0n) is 18.9. The van der Waals surface area contributed by atoms with Gasteiger partial charge in [0.1, 0.15) is 17.0 Å². The van der Waals surface area contributed by atoms with E-state index in [1.165, 1.54) is 17.7 Å². The van der Waals surface area contributed by atoms with Gasteiger partial charge in [0.2, 0.25) is 5.91 Å². The molecule has 1 N–H and O–H groups in total. The number of aromatic nitrogens is 1. The molecule has 0 saturated heterocycles. The van der Waals surface area contributed by atoms with E-state index in [4.69, 9.17) is 4.42 Å². The average molecular weight is 454 g/mol. The van der Waals surface area contributed by atoms with E-state index in [1.807, 2.05) is 25.1 Å². The van der Waals surface area contributed by atoms with Crippen molar-refractivity contribution in [3.05, 3.63) is 46.9 Å². The normalized spacial score (nSPS) is 22.2. The summed E-state index contributed by atoms with van der Waals surface area (Å²) in [4.78, 5) is 30.5. The summed E-state index contributed by atoms with van der Waals surface area (Å²) in [7, 11) is 0. The summed E-state index contributed by atoms with van der Waals surface area (Å²) in [5.41, 5.74) is 0.713. The van der Waals surface area contributed by atoms with Crippen molar-refractivity contribution in [3.63, 3.8) is 0 Å². The summed E-state index contributed by atoms with van der Waals surface area (Å²) in [6.45, 7) is 4.76. The van der Waals surface area contributed by atoms with Gasteiger partial charge in [-0.1, -0.05) is 32.6 Å². The van der Waals surface area contributed by atoms with Gasteiger partial charge in [0.25, 0.3) is 5.91 Å². The third kappa shape index (κ3) is 3.66. The number of nitrogens with one attached hydrogen (secondary N) is 1. The lowest BCUT2D eigenvalue weighted by atomic mass is 9.93. The van der Waals surface area contributed by atoms with Crippen LogP contribution in [0.3, 0.4) is 0 Å². The molecule has 1 atom stereocenters. The zero-order valence-corrected chi connectivity index (χ0v) is 19.7. The number of rotatable bonds is 5. The van der Waals surface area contributed by atoms with Crippen LogP contribution in [0.4, 0.5) is 0 Å². The van der Waals surface area contributed by atoms with Crippen molar-refractivity contribution < 1.29 is 14.0 Å². The molecule has 1 aliphatic carbocycles. The standard InChI is InChI=1S/C25H31N3O3S/c1-3-19-13-20-22(32-19)14-21-23(29)28(15-18-11-8-12-31-18)25(2,16-27(20)21)24(30)26-17-9-6-4-5-7-10-17/h8,11-14,17H,3-7,9-10,15-16H2,1-2H3,(H,26,30)/t25-/m1/s1. The molecule has 5 rings (SSSR count). The molecule has 0 spiro atoms. The summed E-state index contributed by atoms with van der Waals surface area (Å²) in [5, 5.41) is 3.31. The number of aryl methyl sites for hydroxylation is 1. The highest BCUT2D eigenvalue weighted by Crippen LogP contribution is 2.37. The van der Waals surface area contributed by atoms with Crippen LogP contribution < -0.4 is 5.32 Å². The Morgan fingerprint density at radius 3 is 2.72 bits per heavy atom. The Balaban J connectivity index is 1.52. The largest absolute Gasteiger partial charge is 0.467 e. The average Bonchev–Trinajstić information content (AvgIpc) is 3.45. The number of fused-ring (bicyclic) bond motifs is 3. The molecule has 2 aliphatic rings. The van der Waals surface area contributed by atoms with Crippen molar-refractivity contribution in [3.8, 4) is 0 Å². The molecular formula is C25H31N3O3S. The minimum absolute atomic E-state index is 0.0669. The third-order valence-corrected chi connectivity index (χ3v) is 8.30. The van der Waals surface area contributed by atoms with Gasteiger partial charge in [-0.3, -0.25) is 9.59 Å². The summed E-state index contributed by atoms with van der Waals surface area (Å²) in [5.74, 6) is 0.497. The number of hydrogen-bond donors (Lipinski definition) is 1. The van der Waals surface area contributed by atoms with Crippen LogP contribution >= 0.6 is 11.3 Å². The third-order valence-electron chi connectivity index (χ3n) is 7.09. The Morgan fingerprint density at radius 1 is 1.25 bits per heavy atom. The van der Waals surface area contributed by atoms with Crippen molar-refractivity contribution in [1.82, 2.24) is 14.8 Å². The number of nitrogens with zero attached hydrogens (tertiary/aromatic N) is 2. The molecule has 2 amide bonds. The van der Waals surface area contributed by atoms with Gasteiger partial charge in [-0.2, -0.15) is 0 Å². The molecule has 3 aromatic heterocycles. The van der Waals surface area contributed by atoms with Gasteiger partial charge in [0, 0.05) is 10.9 Å². The molecule has 1 aliphatic heterocycles. The maximum atomic E-state index is 13.8. The minimum atomic E-state index is -0.997. The lowest BCUT2D eigenvalue weighted by molar-refractivity contribution is -0.134. The van der Waals surface area contributed by atoms with E-state index in [-0.39, 0.29) is 24.4 Å². The van der Waals surface area contributed by atoms with Crippen LogP contribution in [0.1, 0.15) is 73.5 Å². The van der Waals surface area contributed by atoms with E-state index in [0.717, 1.165) is 42.3 Å². The summed E-state index contributed by atoms with van der Waals surface area (Å²) >= 11 is 1.73. The fourth-order valence-electron chi connectivity index (χ4n) is 5.13. The molecule has 7 heteroatoms. The van der Waals surface area contributed by atoms with Crippen molar-refractivity contribution in [2.24, 2.45) is 0 Å². The predicted molar refractivity (Wildman–Crippen MR) is 126 cm³/mol. The second-order valence-corrected chi connectivity index (χ2v) is 10.5. The van der Waals surface area contributed by atoms with Crippen LogP contribution in [-0.4, -0.2) is 32.9 Å². The van der Waals surface area contributed by atoms with Crippen molar-refractivity contribution in [1.29, 1.82) is 0 Å². The SMILES string of the molecule is CCc1cc2c(cc3n2C[C@](C)(C(=O)NC2CCCCCC2)N(Cc2ccco2)C3=O)s1. The van der Waals surface area contributed by atoms with Crippen LogP contribution in [0.15, 0.2) is 34.9 Å². The Kier molecular flexibility index (Phi) is 5.61. The van der Waals surface area contributed by atoms with E-state index in [2.05, 4.69) is 22.9 Å².